The summed E-state index contributed by atoms with van der Waals surface area (Å²) in [5.74, 6) is 2.99. The molecule has 0 fully saturated rings. The molecule has 1 unspecified atom stereocenters. The molecule has 0 radical (unpaired) electrons. The van der Waals surface area contributed by atoms with E-state index >= 15 is 0 Å². The van der Waals surface area contributed by atoms with E-state index in [9.17, 15) is 0 Å². The van der Waals surface area contributed by atoms with Gasteiger partial charge in [-0.05, 0) is 37.6 Å². The third-order valence-electron chi connectivity index (χ3n) is 4.04. The first-order valence-corrected chi connectivity index (χ1v) is 8.95. The van der Waals surface area contributed by atoms with Gasteiger partial charge in [-0.2, -0.15) is 0 Å². The van der Waals surface area contributed by atoms with Gasteiger partial charge in [-0.25, -0.2) is 0 Å². The number of benzene rings is 2. The third kappa shape index (κ3) is 7.10. The van der Waals surface area contributed by atoms with Crippen LogP contribution < -0.4 is 24.8 Å². The first-order valence-electron chi connectivity index (χ1n) is 8.95. The first-order chi connectivity index (χ1) is 13.1. The van der Waals surface area contributed by atoms with E-state index in [1.807, 2.05) is 56.3 Å². The molecule has 7 heteroatoms. The minimum atomic E-state index is -0.00305. The van der Waals surface area contributed by atoms with E-state index in [4.69, 9.17) is 14.2 Å². The molecule has 0 heterocycles. The molecule has 6 nitrogen and oxygen atoms in total. The van der Waals surface area contributed by atoms with Gasteiger partial charge in [-0.1, -0.05) is 24.3 Å². The molecule has 0 saturated heterocycles. The zero-order valence-electron chi connectivity index (χ0n) is 17.1. The predicted octanol–water partition coefficient (Wildman–Crippen LogP) is 3.76. The van der Waals surface area contributed by atoms with E-state index < -0.39 is 0 Å². The van der Waals surface area contributed by atoms with E-state index in [0.29, 0.717) is 24.8 Å². The normalized spacial score (nSPS) is 11.8. The average molecular weight is 499 g/mol. The van der Waals surface area contributed by atoms with Gasteiger partial charge in [0.15, 0.2) is 17.5 Å². The van der Waals surface area contributed by atoms with Crippen LogP contribution in [-0.4, -0.2) is 39.9 Å². The van der Waals surface area contributed by atoms with Gasteiger partial charge >= 0.3 is 0 Å². The van der Waals surface area contributed by atoms with Crippen LogP contribution >= 0.6 is 24.0 Å². The second kappa shape index (κ2) is 12.3. The van der Waals surface area contributed by atoms with E-state index in [0.717, 1.165) is 17.1 Å². The first kappa shape index (κ1) is 23.9. The molecule has 0 bridgehead atoms. The summed E-state index contributed by atoms with van der Waals surface area (Å²) in [5.41, 5.74) is 2.17. The van der Waals surface area contributed by atoms with Crippen LogP contribution in [0.4, 0.5) is 0 Å². The molecule has 0 aliphatic carbocycles. The lowest BCUT2D eigenvalue weighted by atomic mass is 10.2. The highest BCUT2D eigenvalue weighted by Crippen LogP contribution is 2.30. The van der Waals surface area contributed by atoms with Crippen LogP contribution in [0.15, 0.2) is 47.5 Å². The summed E-state index contributed by atoms with van der Waals surface area (Å²) in [6.07, 6.45) is -0.00305. The maximum absolute atomic E-state index is 5.94. The van der Waals surface area contributed by atoms with Gasteiger partial charge in [0.1, 0.15) is 11.9 Å². The Morgan fingerprint density at radius 1 is 1.07 bits per heavy atom. The molecule has 0 aliphatic heterocycles. The molecule has 0 aromatic heterocycles. The number of methoxy groups -OCH3 is 2. The van der Waals surface area contributed by atoms with Crippen LogP contribution in [0.1, 0.15) is 18.1 Å². The number of hydrogen-bond donors (Lipinski definition) is 2. The smallest absolute Gasteiger partial charge is 0.191 e. The summed E-state index contributed by atoms with van der Waals surface area (Å²) in [6, 6.07) is 13.8. The summed E-state index contributed by atoms with van der Waals surface area (Å²) >= 11 is 0. The maximum atomic E-state index is 5.94. The number of rotatable bonds is 8. The third-order valence-corrected chi connectivity index (χ3v) is 4.04. The minimum Gasteiger partial charge on any atom is -0.493 e. The minimum absolute atomic E-state index is 0. The van der Waals surface area contributed by atoms with Gasteiger partial charge in [0.05, 0.1) is 20.8 Å². The van der Waals surface area contributed by atoms with Crippen LogP contribution in [0.5, 0.6) is 17.2 Å². The quantitative estimate of drug-likeness (QED) is 0.329. The lowest BCUT2D eigenvalue weighted by molar-refractivity contribution is 0.223. The molecule has 2 N–H and O–H groups in total. The Labute approximate surface area is 184 Å². The van der Waals surface area contributed by atoms with Gasteiger partial charge in [0, 0.05) is 19.2 Å². The average Bonchev–Trinajstić information content (AvgIpc) is 2.67. The van der Waals surface area contributed by atoms with Crippen LogP contribution in [-0.2, 0) is 6.54 Å². The molecule has 2 rings (SSSR count). The zero-order valence-corrected chi connectivity index (χ0v) is 19.4. The molecule has 0 aliphatic rings. The van der Waals surface area contributed by atoms with Crippen molar-refractivity contribution in [2.45, 2.75) is 26.5 Å². The van der Waals surface area contributed by atoms with Crippen LogP contribution in [0.2, 0.25) is 0 Å². The Kier molecular flexibility index (Phi) is 10.5. The number of aliphatic imine (C=N–C) groups is 1. The molecule has 0 saturated carbocycles. The zero-order chi connectivity index (χ0) is 19.6. The number of ether oxygens (including phenoxy) is 3. The fraction of sp³-hybridized carbons (Fsp3) is 0.381. The summed E-state index contributed by atoms with van der Waals surface area (Å²) in [7, 11) is 5.01. The summed E-state index contributed by atoms with van der Waals surface area (Å²) in [5, 5.41) is 6.57. The predicted molar refractivity (Wildman–Crippen MR) is 124 cm³/mol. The lowest BCUT2D eigenvalue weighted by Gasteiger charge is -2.19. The monoisotopic (exact) mass is 499 g/mol. The van der Waals surface area contributed by atoms with Crippen molar-refractivity contribution in [3.05, 3.63) is 53.6 Å². The number of aryl methyl sites for hydroxylation is 1. The molecule has 28 heavy (non-hydrogen) atoms. The van der Waals surface area contributed by atoms with Crippen molar-refractivity contribution in [3.63, 3.8) is 0 Å². The largest absolute Gasteiger partial charge is 0.493 e. The summed E-state index contributed by atoms with van der Waals surface area (Å²) in [6.45, 7) is 5.26. The number of guanidine groups is 1. The molecule has 0 spiro atoms. The van der Waals surface area contributed by atoms with Crippen molar-refractivity contribution in [2.24, 2.45) is 4.99 Å². The molecular weight excluding hydrogens is 469 g/mol. The molecule has 0 amide bonds. The highest BCUT2D eigenvalue weighted by molar-refractivity contribution is 14.0. The van der Waals surface area contributed by atoms with Gasteiger partial charge < -0.3 is 24.8 Å². The van der Waals surface area contributed by atoms with Gasteiger partial charge in [-0.15, -0.1) is 24.0 Å². The second-order valence-electron chi connectivity index (χ2n) is 6.20. The number of hydrogen-bond acceptors (Lipinski definition) is 4. The Morgan fingerprint density at radius 2 is 1.82 bits per heavy atom. The number of nitrogens with one attached hydrogen (secondary N) is 2. The highest BCUT2D eigenvalue weighted by Gasteiger charge is 2.10. The fourth-order valence-electron chi connectivity index (χ4n) is 2.70. The van der Waals surface area contributed by atoms with Gasteiger partial charge in [-0.3, -0.25) is 4.99 Å². The van der Waals surface area contributed by atoms with Crippen molar-refractivity contribution in [3.8, 4) is 17.2 Å². The molecular formula is C21H30IN3O3. The van der Waals surface area contributed by atoms with E-state index in [2.05, 4.69) is 15.6 Å². The fourth-order valence-corrected chi connectivity index (χ4v) is 2.70. The summed E-state index contributed by atoms with van der Waals surface area (Å²) < 4.78 is 16.7. The maximum Gasteiger partial charge on any atom is 0.191 e. The Balaban J connectivity index is 0.00000392. The van der Waals surface area contributed by atoms with E-state index in [-0.39, 0.29) is 30.1 Å². The van der Waals surface area contributed by atoms with Gasteiger partial charge in [0.2, 0.25) is 0 Å². The SMILES string of the molecule is CN=C(NCc1cccc(OC)c1OC)NCC(C)Oc1cccc(C)c1.I. The Hall–Kier alpha value is -2.16. The molecule has 2 aromatic carbocycles. The van der Waals surface area contributed by atoms with Crippen LogP contribution in [0.3, 0.4) is 0 Å². The number of nitrogens with zero attached hydrogens (tertiary/aromatic N) is 1. The van der Waals surface area contributed by atoms with E-state index in [1.54, 1.807) is 21.3 Å². The standard InChI is InChI=1S/C21H29N3O3.HI/c1-15-8-6-10-18(12-15)27-16(2)13-23-21(22-3)24-14-17-9-7-11-19(25-4)20(17)26-5;/h6-12,16H,13-14H2,1-5H3,(H2,22,23,24);1H. The van der Waals surface area contributed by atoms with Crippen LogP contribution in [0.25, 0.3) is 0 Å². The van der Waals surface area contributed by atoms with Crippen molar-refractivity contribution in [1.29, 1.82) is 0 Å². The van der Waals surface area contributed by atoms with Crippen LogP contribution in [0, 0.1) is 6.92 Å². The topological polar surface area (TPSA) is 64.1 Å². The number of halogens is 1. The van der Waals surface area contributed by atoms with Gasteiger partial charge in [0.25, 0.3) is 0 Å². The Bertz CT molecular complexity index is 768. The molecule has 154 valence electrons. The molecule has 1 atom stereocenters. The second-order valence-corrected chi connectivity index (χ2v) is 6.20. The van der Waals surface area contributed by atoms with Crippen molar-refractivity contribution in [2.75, 3.05) is 27.8 Å². The molecule has 2 aromatic rings. The van der Waals surface area contributed by atoms with E-state index in [1.165, 1.54) is 5.56 Å². The lowest BCUT2D eigenvalue weighted by Crippen LogP contribution is -2.41. The van der Waals surface area contributed by atoms with Crippen molar-refractivity contribution >= 4 is 29.9 Å². The summed E-state index contributed by atoms with van der Waals surface area (Å²) in [4.78, 5) is 4.26. The highest BCUT2D eigenvalue weighted by atomic mass is 127. The Morgan fingerprint density at radius 3 is 2.46 bits per heavy atom. The van der Waals surface area contributed by atoms with Crippen molar-refractivity contribution < 1.29 is 14.2 Å². The number of para-hydroxylation sites is 1. The van der Waals surface area contributed by atoms with Crippen molar-refractivity contribution in [1.82, 2.24) is 10.6 Å².